The van der Waals surface area contributed by atoms with E-state index in [1.807, 2.05) is 0 Å². The van der Waals surface area contributed by atoms with E-state index in [0.29, 0.717) is 10.6 Å². The standard InChI is InChI=1S/C10H12ClF2N/c1-7-3-2-4-9(11)8(7)5-10(12,13)6-14/h2-4H,5-6,14H2,1H3. The van der Waals surface area contributed by atoms with Crippen molar-refractivity contribution in [1.82, 2.24) is 0 Å². The van der Waals surface area contributed by atoms with E-state index < -0.39 is 18.9 Å². The lowest BCUT2D eigenvalue weighted by Gasteiger charge is -2.16. The monoisotopic (exact) mass is 219 g/mol. The molecule has 2 N–H and O–H groups in total. The predicted molar refractivity (Wildman–Crippen MR) is 53.9 cm³/mol. The number of hydrogen-bond donors (Lipinski definition) is 1. The van der Waals surface area contributed by atoms with Crippen LogP contribution in [0.5, 0.6) is 0 Å². The summed E-state index contributed by atoms with van der Waals surface area (Å²) in [6.07, 6.45) is -0.394. The summed E-state index contributed by atoms with van der Waals surface area (Å²) in [6.45, 7) is 1.10. The Morgan fingerprint density at radius 3 is 2.57 bits per heavy atom. The lowest BCUT2D eigenvalue weighted by molar-refractivity contribution is 0.0113. The first-order valence-electron chi connectivity index (χ1n) is 4.28. The summed E-state index contributed by atoms with van der Waals surface area (Å²) in [4.78, 5) is 0. The van der Waals surface area contributed by atoms with Crippen LogP contribution in [-0.2, 0) is 6.42 Å². The van der Waals surface area contributed by atoms with E-state index in [-0.39, 0.29) is 0 Å². The normalized spacial score (nSPS) is 11.8. The van der Waals surface area contributed by atoms with Gasteiger partial charge in [-0.05, 0) is 24.1 Å². The van der Waals surface area contributed by atoms with Crippen molar-refractivity contribution in [2.75, 3.05) is 6.54 Å². The number of nitrogens with two attached hydrogens (primary N) is 1. The molecule has 0 amide bonds. The Bertz CT molecular complexity index is 306. The van der Waals surface area contributed by atoms with Gasteiger partial charge in [0.05, 0.1) is 6.54 Å². The predicted octanol–water partition coefficient (Wildman–Crippen LogP) is 2.78. The number of aryl methyl sites for hydroxylation is 1. The van der Waals surface area contributed by atoms with E-state index >= 15 is 0 Å². The Labute approximate surface area is 86.9 Å². The molecule has 0 bridgehead atoms. The van der Waals surface area contributed by atoms with Crippen LogP contribution < -0.4 is 5.73 Å². The van der Waals surface area contributed by atoms with Gasteiger partial charge < -0.3 is 5.73 Å². The van der Waals surface area contributed by atoms with Gasteiger partial charge in [0.25, 0.3) is 5.92 Å². The molecule has 78 valence electrons. The largest absolute Gasteiger partial charge is 0.325 e. The van der Waals surface area contributed by atoms with Crippen molar-refractivity contribution in [3.8, 4) is 0 Å². The summed E-state index contributed by atoms with van der Waals surface area (Å²) in [6, 6.07) is 5.10. The molecular formula is C10H12ClF2N. The zero-order valence-corrected chi connectivity index (χ0v) is 8.61. The fraction of sp³-hybridized carbons (Fsp3) is 0.400. The maximum Gasteiger partial charge on any atom is 0.264 e. The first kappa shape index (κ1) is 11.4. The highest BCUT2D eigenvalue weighted by Gasteiger charge is 2.28. The fourth-order valence-corrected chi connectivity index (χ4v) is 1.51. The van der Waals surface area contributed by atoms with E-state index in [1.54, 1.807) is 25.1 Å². The number of alkyl halides is 2. The van der Waals surface area contributed by atoms with E-state index in [1.165, 1.54) is 0 Å². The molecule has 0 radical (unpaired) electrons. The second-order valence-electron chi connectivity index (χ2n) is 3.27. The van der Waals surface area contributed by atoms with Crippen LogP contribution in [0.1, 0.15) is 11.1 Å². The first-order valence-corrected chi connectivity index (χ1v) is 4.66. The summed E-state index contributed by atoms with van der Waals surface area (Å²) in [7, 11) is 0. The Morgan fingerprint density at radius 1 is 1.43 bits per heavy atom. The van der Waals surface area contributed by atoms with Crippen molar-refractivity contribution < 1.29 is 8.78 Å². The molecule has 0 aliphatic heterocycles. The average molecular weight is 220 g/mol. The van der Waals surface area contributed by atoms with Crippen LogP contribution in [-0.4, -0.2) is 12.5 Å². The smallest absolute Gasteiger partial charge is 0.264 e. The highest BCUT2D eigenvalue weighted by molar-refractivity contribution is 6.31. The molecule has 4 heteroatoms. The highest BCUT2D eigenvalue weighted by atomic mass is 35.5. The molecular weight excluding hydrogens is 208 g/mol. The molecule has 0 heterocycles. The Kier molecular flexibility index (Phi) is 3.45. The molecule has 0 aliphatic carbocycles. The van der Waals surface area contributed by atoms with Crippen LogP contribution in [0.2, 0.25) is 5.02 Å². The van der Waals surface area contributed by atoms with Gasteiger partial charge in [0.2, 0.25) is 0 Å². The minimum Gasteiger partial charge on any atom is -0.325 e. The van der Waals surface area contributed by atoms with Crippen LogP contribution in [0.15, 0.2) is 18.2 Å². The zero-order chi connectivity index (χ0) is 10.8. The van der Waals surface area contributed by atoms with Crippen molar-refractivity contribution in [2.45, 2.75) is 19.3 Å². The third-order valence-corrected chi connectivity index (χ3v) is 2.44. The summed E-state index contributed by atoms with van der Waals surface area (Å²) < 4.78 is 26.0. The third-order valence-electron chi connectivity index (χ3n) is 2.09. The second kappa shape index (κ2) is 4.24. The molecule has 0 saturated carbocycles. The van der Waals surface area contributed by atoms with Gasteiger partial charge in [0, 0.05) is 11.4 Å². The second-order valence-corrected chi connectivity index (χ2v) is 3.68. The summed E-state index contributed by atoms with van der Waals surface area (Å²) in [5.41, 5.74) is 6.21. The van der Waals surface area contributed by atoms with Crippen LogP contribution in [0.3, 0.4) is 0 Å². The molecule has 0 unspecified atom stereocenters. The van der Waals surface area contributed by atoms with E-state index in [2.05, 4.69) is 0 Å². The van der Waals surface area contributed by atoms with Gasteiger partial charge >= 0.3 is 0 Å². The molecule has 0 atom stereocenters. The Hall–Kier alpha value is -0.670. The molecule has 1 rings (SSSR count). The molecule has 0 saturated heterocycles. The minimum atomic E-state index is -2.88. The Morgan fingerprint density at radius 2 is 2.07 bits per heavy atom. The van der Waals surface area contributed by atoms with Gasteiger partial charge in [-0.3, -0.25) is 0 Å². The fourth-order valence-electron chi connectivity index (χ4n) is 1.22. The maximum atomic E-state index is 13.0. The summed E-state index contributed by atoms with van der Waals surface area (Å²) in [5, 5.41) is 0.373. The van der Waals surface area contributed by atoms with E-state index in [9.17, 15) is 8.78 Å². The lowest BCUT2D eigenvalue weighted by Crippen LogP contribution is -2.30. The van der Waals surface area contributed by atoms with Crippen LogP contribution in [0.25, 0.3) is 0 Å². The first-order chi connectivity index (χ1) is 6.46. The Balaban J connectivity index is 2.97. The van der Waals surface area contributed by atoms with Crippen LogP contribution >= 0.6 is 11.6 Å². The molecule has 0 aliphatic rings. The van der Waals surface area contributed by atoms with E-state index in [4.69, 9.17) is 17.3 Å². The molecule has 1 nitrogen and oxygen atoms in total. The van der Waals surface area contributed by atoms with Gasteiger partial charge in [0.1, 0.15) is 0 Å². The topological polar surface area (TPSA) is 26.0 Å². The van der Waals surface area contributed by atoms with E-state index in [0.717, 1.165) is 5.56 Å². The molecule has 0 spiro atoms. The van der Waals surface area contributed by atoms with Crippen molar-refractivity contribution in [3.63, 3.8) is 0 Å². The van der Waals surface area contributed by atoms with Gasteiger partial charge in [-0.25, -0.2) is 8.78 Å². The van der Waals surface area contributed by atoms with Crippen LogP contribution in [0, 0.1) is 6.92 Å². The number of hydrogen-bond acceptors (Lipinski definition) is 1. The molecule has 0 aromatic heterocycles. The van der Waals surface area contributed by atoms with Crippen molar-refractivity contribution in [1.29, 1.82) is 0 Å². The number of rotatable bonds is 3. The zero-order valence-electron chi connectivity index (χ0n) is 7.86. The molecule has 14 heavy (non-hydrogen) atoms. The maximum absolute atomic E-state index is 13.0. The SMILES string of the molecule is Cc1cccc(Cl)c1CC(F)(F)CN. The van der Waals surface area contributed by atoms with Crippen molar-refractivity contribution >= 4 is 11.6 Å². The van der Waals surface area contributed by atoms with Gasteiger partial charge in [-0.1, -0.05) is 23.7 Å². The minimum absolute atomic E-state index is 0.373. The quantitative estimate of drug-likeness (QED) is 0.831. The van der Waals surface area contributed by atoms with Gasteiger partial charge in [0.15, 0.2) is 0 Å². The molecule has 1 aromatic rings. The molecule has 0 fully saturated rings. The average Bonchev–Trinajstić information content (AvgIpc) is 2.12. The lowest BCUT2D eigenvalue weighted by atomic mass is 10.0. The van der Waals surface area contributed by atoms with Gasteiger partial charge in [-0.15, -0.1) is 0 Å². The number of benzene rings is 1. The van der Waals surface area contributed by atoms with Crippen LogP contribution in [0.4, 0.5) is 8.78 Å². The third kappa shape index (κ3) is 2.66. The highest BCUT2D eigenvalue weighted by Crippen LogP contribution is 2.26. The molecule has 1 aromatic carbocycles. The van der Waals surface area contributed by atoms with Crippen molar-refractivity contribution in [3.05, 3.63) is 34.3 Å². The van der Waals surface area contributed by atoms with Crippen molar-refractivity contribution in [2.24, 2.45) is 5.73 Å². The summed E-state index contributed by atoms with van der Waals surface area (Å²) in [5.74, 6) is -2.88. The van der Waals surface area contributed by atoms with Gasteiger partial charge in [-0.2, -0.15) is 0 Å². The summed E-state index contributed by atoms with van der Waals surface area (Å²) >= 11 is 5.82. The number of halogens is 3.